The Bertz CT molecular complexity index is 953. The molecule has 1 fully saturated rings. The zero-order valence-corrected chi connectivity index (χ0v) is 14.9. The van der Waals surface area contributed by atoms with Crippen molar-refractivity contribution in [1.29, 1.82) is 0 Å². The molecule has 0 aliphatic carbocycles. The number of nitrogens with one attached hydrogen (secondary N) is 1. The van der Waals surface area contributed by atoms with Gasteiger partial charge in [-0.05, 0) is 12.1 Å². The summed E-state index contributed by atoms with van der Waals surface area (Å²) >= 11 is 0. The summed E-state index contributed by atoms with van der Waals surface area (Å²) in [5.41, 5.74) is -0.716. The fourth-order valence-corrected chi connectivity index (χ4v) is 2.97. The van der Waals surface area contributed by atoms with Crippen LogP contribution in [0.2, 0.25) is 0 Å². The summed E-state index contributed by atoms with van der Waals surface area (Å²) in [5.74, 6) is 1.43. The number of nitrogens with zero attached hydrogens (tertiary/aromatic N) is 5. The van der Waals surface area contributed by atoms with Crippen molar-refractivity contribution in [3.05, 3.63) is 54.0 Å². The lowest BCUT2D eigenvalue weighted by atomic mass is 10.1. The predicted molar refractivity (Wildman–Crippen MR) is 94.2 cm³/mol. The first-order valence-corrected chi connectivity index (χ1v) is 8.65. The van der Waals surface area contributed by atoms with E-state index in [1.165, 1.54) is 6.20 Å². The van der Waals surface area contributed by atoms with Crippen molar-refractivity contribution in [3.63, 3.8) is 0 Å². The molecule has 7 nitrogen and oxygen atoms in total. The van der Waals surface area contributed by atoms with Gasteiger partial charge in [0.25, 0.3) is 0 Å². The highest BCUT2D eigenvalue weighted by Gasteiger charge is 2.35. The Morgan fingerprint density at radius 2 is 2.04 bits per heavy atom. The predicted octanol–water partition coefficient (Wildman–Crippen LogP) is 3.15. The molecule has 3 aromatic rings. The van der Waals surface area contributed by atoms with Crippen LogP contribution in [0.1, 0.15) is 17.3 Å². The summed E-state index contributed by atoms with van der Waals surface area (Å²) in [4.78, 5) is 18.0. The van der Waals surface area contributed by atoms with E-state index in [0.717, 1.165) is 11.8 Å². The molecular formula is C18H17F3N6O. The molecular weight excluding hydrogens is 373 g/mol. The van der Waals surface area contributed by atoms with E-state index in [2.05, 4.69) is 30.2 Å². The van der Waals surface area contributed by atoms with Crippen molar-refractivity contribution in [2.45, 2.75) is 25.7 Å². The molecule has 0 bridgehead atoms. The molecule has 1 aliphatic heterocycles. The number of hydrogen-bond donors (Lipinski definition) is 1. The number of oxazole rings is 1. The van der Waals surface area contributed by atoms with Crippen LogP contribution in [0.3, 0.4) is 0 Å². The van der Waals surface area contributed by atoms with Gasteiger partial charge in [-0.25, -0.2) is 15.0 Å². The summed E-state index contributed by atoms with van der Waals surface area (Å²) in [6.45, 7) is 3.69. The summed E-state index contributed by atoms with van der Waals surface area (Å²) < 4.78 is 45.2. The number of alkyl halides is 3. The lowest BCUT2D eigenvalue weighted by Crippen LogP contribution is -2.54. The third-order valence-corrected chi connectivity index (χ3v) is 4.27. The van der Waals surface area contributed by atoms with Gasteiger partial charge in [0.15, 0.2) is 17.4 Å². The van der Waals surface area contributed by atoms with Crippen molar-refractivity contribution < 1.29 is 17.6 Å². The molecule has 3 aromatic heterocycles. The SMILES string of the molecule is Cc1ncc(CN2CC(Nc3cc(C(F)(F)F)nc(-c4ccccn4)n3)C2)o1. The van der Waals surface area contributed by atoms with Crippen molar-refractivity contribution >= 4 is 5.82 Å². The topological polar surface area (TPSA) is 80.0 Å². The summed E-state index contributed by atoms with van der Waals surface area (Å²) in [6, 6.07) is 5.83. The number of rotatable bonds is 5. The first kappa shape index (κ1) is 18.4. The van der Waals surface area contributed by atoms with Crippen molar-refractivity contribution in [1.82, 2.24) is 24.8 Å². The van der Waals surface area contributed by atoms with E-state index in [1.54, 1.807) is 31.3 Å². The van der Waals surface area contributed by atoms with Gasteiger partial charge in [0, 0.05) is 32.3 Å². The molecule has 0 radical (unpaired) electrons. The third kappa shape index (κ3) is 4.11. The van der Waals surface area contributed by atoms with Gasteiger partial charge in [0.05, 0.1) is 18.8 Å². The highest BCUT2D eigenvalue weighted by atomic mass is 19.4. The van der Waals surface area contributed by atoms with Crippen LogP contribution >= 0.6 is 0 Å². The van der Waals surface area contributed by atoms with Gasteiger partial charge in [0.2, 0.25) is 0 Å². The standard InChI is InChI=1S/C18H17F3N6O/c1-11-23-7-13(28-11)10-27-8-12(9-27)24-16-6-15(18(19,20)21)25-17(26-16)14-4-2-3-5-22-14/h2-7,12H,8-10H2,1H3,(H,24,25,26). The molecule has 0 atom stereocenters. The first-order chi connectivity index (χ1) is 13.4. The van der Waals surface area contributed by atoms with Crippen LogP contribution in [0.4, 0.5) is 19.0 Å². The van der Waals surface area contributed by atoms with Crippen molar-refractivity contribution in [3.8, 4) is 11.5 Å². The highest BCUT2D eigenvalue weighted by molar-refractivity contribution is 5.53. The molecule has 10 heteroatoms. The second-order valence-electron chi connectivity index (χ2n) is 6.56. The maximum absolute atomic E-state index is 13.2. The lowest BCUT2D eigenvalue weighted by Gasteiger charge is -2.39. The number of aromatic nitrogens is 4. The van der Waals surface area contributed by atoms with Gasteiger partial charge in [-0.1, -0.05) is 6.07 Å². The summed E-state index contributed by atoms with van der Waals surface area (Å²) in [7, 11) is 0. The van der Waals surface area contributed by atoms with Crippen LogP contribution in [0.15, 0.2) is 41.1 Å². The zero-order valence-electron chi connectivity index (χ0n) is 14.9. The second kappa shape index (κ2) is 7.19. The molecule has 0 unspecified atom stereocenters. The number of likely N-dealkylation sites (tertiary alicyclic amines) is 1. The fraction of sp³-hybridized carbons (Fsp3) is 0.333. The number of hydrogen-bond acceptors (Lipinski definition) is 7. The van der Waals surface area contributed by atoms with E-state index in [1.807, 2.05) is 0 Å². The average Bonchev–Trinajstić information content (AvgIpc) is 3.04. The Labute approximate surface area is 158 Å². The van der Waals surface area contributed by atoms with E-state index < -0.39 is 11.9 Å². The largest absolute Gasteiger partial charge is 0.445 e. The van der Waals surface area contributed by atoms with Crippen LogP contribution < -0.4 is 5.32 Å². The molecule has 0 spiro atoms. The minimum absolute atomic E-state index is 0.0171. The zero-order chi connectivity index (χ0) is 19.7. The minimum Gasteiger partial charge on any atom is -0.445 e. The maximum atomic E-state index is 13.2. The van der Waals surface area contributed by atoms with Crippen LogP contribution in [0.5, 0.6) is 0 Å². The smallest absolute Gasteiger partial charge is 0.433 e. The van der Waals surface area contributed by atoms with Crippen molar-refractivity contribution in [2.75, 3.05) is 18.4 Å². The monoisotopic (exact) mass is 390 g/mol. The first-order valence-electron chi connectivity index (χ1n) is 8.65. The number of anilines is 1. The van der Waals surface area contributed by atoms with Gasteiger partial charge in [-0.15, -0.1) is 0 Å². The second-order valence-corrected chi connectivity index (χ2v) is 6.56. The van der Waals surface area contributed by atoms with Gasteiger partial charge in [0.1, 0.15) is 17.3 Å². The Hall–Kier alpha value is -3.01. The van der Waals surface area contributed by atoms with Crippen molar-refractivity contribution in [2.24, 2.45) is 0 Å². The summed E-state index contributed by atoms with van der Waals surface area (Å²) in [5, 5.41) is 3.06. The molecule has 0 saturated carbocycles. The van der Waals surface area contributed by atoms with Gasteiger partial charge in [-0.2, -0.15) is 13.2 Å². The Kier molecular flexibility index (Phi) is 4.71. The number of halogens is 3. The molecule has 1 N–H and O–H groups in total. The molecule has 1 aliphatic rings. The minimum atomic E-state index is -4.57. The molecule has 28 heavy (non-hydrogen) atoms. The van der Waals surface area contributed by atoms with E-state index in [4.69, 9.17) is 4.42 Å². The van der Waals surface area contributed by atoms with Crippen LogP contribution in [0.25, 0.3) is 11.5 Å². The molecule has 4 rings (SSSR count). The Morgan fingerprint density at radius 3 is 2.68 bits per heavy atom. The van der Waals surface area contributed by atoms with Gasteiger partial charge >= 0.3 is 6.18 Å². The van der Waals surface area contributed by atoms with Crippen LogP contribution in [-0.2, 0) is 12.7 Å². The third-order valence-electron chi connectivity index (χ3n) is 4.27. The normalized spacial score (nSPS) is 15.4. The molecule has 146 valence electrons. The lowest BCUT2D eigenvalue weighted by molar-refractivity contribution is -0.141. The molecule has 4 heterocycles. The van der Waals surface area contributed by atoms with Gasteiger partial charge < -0.3 is 9.73 Å². The Morgan fingerprint density at radius 1 is 1.21 bits per heavy atom. The maximum Gasteiger partial charge on any atom is 0.433 e. The molecule has 0 aromatic carbocycles. The van der Waals surface area contributed by atoms with E-state index >= 15 is 0 Å². The molecule has 1 saturated heterocycles. The molecule has 0 amide bonds. The van der Waals surface area contributed by atoms with E-state index in [9.17, 15) is 13.2 Å². The van der Waals surface area contributed by atoms with Crippen LogP contribution in [-0.4, -0.2) is 44.0 Å². The van der Waals surface area contributed by atoms with Crippen LogP contribution in [0, 0.1) is 6.92 Å². The number of aryl methyl sites for hydroxylation is 1. The van der Waals surface area contributed by atoms with Gasteiger partial charge in [-0.3, -0.25) is 9.88 Å². The summed E-state index contributed by atoms with van der Waals surface area (Å²) in [6.07, 6.45) is -1.41. The Balaban J connectivity index is 1.47. The van der Waals surface area contributed by atoms with E-state index in [0.29, 0.717) is 25.5 Å². The van der Waals surface area contributed by atoms with E-state index in [-0.39, 0.29) is 23.4 Å². The highest BCUT2D eigenvalue weighted by Crippen LogP contribution is 2.31. The quantitative estimate of drug-likeness (QED) is 0.717. The number of pyridine rings is 1. The average molecular weight is 390 g/mol. The fourth-order valence-electron chi connectivity index (χ4n) is 2.97.